The first-order valence-corrected chi connectivity index (χ1v) is 15.6. The minimum Gasteiger partial charge on any atom is -0.673 e. The van der Waals surface area contributed by atoms with Gasteiger partial charge in [-0.15, -0.1) is 31.1 Å². The number of aromatic nitrogens is 5. The van der Waals surface area contributed by atoms with Crippen LogP contribution in [0.15, 0.2) is 84.4 Å². The number of alkyl halides is 3. The average molecular weight is 674 g/mol. The molecule has 0 bridgehead atoms. The summed E-state index contributed by atoms with van der Waals surface area (Å²) in [6.45, 7) is 0.0275. The lowest BCUT2D eigenvalue weighted by atomic mass is 10.2. The highest BCUT2D eigenvalue weighted by Gasteiger charge is 2.41. The van der Waals surface area contributed by atoms with Crippen molar-refractivity contribution >= 4 is 44.3 Å². The fourth-order valence-corrected chi connectivity index (χ4v) is 6.86. The third kappa shape index (κ3) is 7.71. The molecule has 13 nitrogen and oxygen atoms in total. The first-order valence-electron chi connectivity index (χ1n) is 13.4. The normalized spacial score (nSPS) is 15.7. The highest BCUT2D eigenvalue weighted by molar-refractivity contribution is 7.89. The first-order chi connectivity index (χ1) is 21.9. The van der Waals surface area contributed by atoms with E-state index in [2.05, 4.69) is 29.7 Å². The summed E-state index contributed by atoms with van der Waals surface area (Å²) in [5, 5.41) is 9.69. The highest BCUT2D eigenvalue weighted by atomic mass is 32.2. The maximum absolute atomic E-state index is 13.1. The molecule has 0 spiro atoms. The smallest absolute Gasteiger partial charge is 0.573 e. The van der Waals surface area contributed by atoms with Crippen molar-refractivity contribution in [3.8, 4) is 16.3 Å². The number of carboxylic acids is 1. The molecule has 2 N–H and O–H groups in total. The van der Waals surface area contributed by atoms with Gasteiger partial charge in [-0.25, -0.2) is 28.4 Å². The van der Waals surface area contributed by atoms with E-state index in [9.17, 15) is 31.5 Å². The van der Waals surface area contributed by atoms with Gasteiger partial charge in [0.1, 0.15) is 29.5 Å². The van der Waals surface area contributed by atoms with Crippen LogP contribution >= 0.6 is 11.3 Å². The van der Waals surface area contributed by atoms with Crippen LogP contribution in [-0.2, 0) is 21.4 Å². The molecular weight excluding hydrogens is 649 g/mol. The third-order valence-electron chi connectivity index (χ3n) is 6.57. The molecule has 1 aromatic carbocycles. The zero-order valence-electron chi connectivity index (χ0n) is 23.6. The largest absolute Gasteiger partial charge is 0.673 e. The SMILES string of the molecule is O=C(O)[C@H]1CN(c2cnc3cncnc3n2)CCN1S(=O)(=O)c1ccc(OC(F)(F)F)cc1.[NH-]Cc1ccc(-c2ccccn2)s1. The number of hydrogen-bond donors (Lipinski definition) is 1. The lowest BCUT2D eigenvalue weighted by Crippen LogP contribution is -2.58. The van der Waals surface area contributed by atoms with E-state index in [0.717, 1.165) is 44.0 Å². The molecule has 18 heteroatoms. The van der Waals surface area contributed by atoms with Crippen molar-refractivity contribution in [2.24, 2.45) is 0 Å². The van der Waals surface area contributed by atoms with Crippen molar-refractivity contribution in [3.05, 3.63) is 90.1 Å². The lowest BCUT2D eigenvalue weighted by Gasteiger charge is -2.38. The number of hydrogen-bond acceptors (Lipinski definition) is 11. The third-order valence-corrected chi connectivity index (χ3v) is 9.60. The van der Waals surface area contributed by atoms with E-state index in [1.165, 1.54) is 18.7 Å². The Morgan fingerprint density at radius 2 is 1.83 bits per heavy atom. The molecule has 5 heterocycles. The molecule has 46 heavy (non-hydrogen) atoms. The predicted octanol–water partition coefficient (Wildman–Crippen LogP) is 4.64. The maximum Gasteiger partial charge on any atom is 0.573 e. The van der Waals surface area contributed by atoms with Gasteiger partial charge < -0.3 is 20.5 Å². The Balaban J connectivity index is 0.000000266. The molecule has 4 aromatic heterocycles. The number of carboxylic acid groups (broad SMARTS) is 1. The number of carbonyl (C=O) groups is 1. The summed E-state index contributed by atoms with van der Waals surface area (Å²) in [5.41, 5.74) is 8.94. The van der Waals surface area contributed by atoms with E-state index < -0.39 is 34.1 Å². The number of pyridine rings is 1. The van der Waals surface area contributed by atoms with Gasteiger partial charge >= 0.3 is 12.3 Å². The second kappa shape index (κ2) is 13.7. The van der Waals surface area contributed by atoms with Crippen molar-refractivity contribution in [2.45, 2.75) is 23.8 Å². The number of sulfonamides is 1. The molecule has 0 radical (unpaired) electrons. The molecule has 0 saturated carbocycles. The Kier molecular flexibility index (Phi) is 9.71. The minimum atomic E-state index is -4.93. The Morgan fingerprint density at radius 3 is 2.48 bits per heavy atom. The van der Waals surface area contributed by atoms with Crippen molar-refractivity contribution in [2.75, 3.05) is 24.5 Å². The second-order valence-electron chi connectivity index (χ2n) is 9.55. The number of halogens is 3. The number of anilines is 1. The van der Waals surface area contributed by atoms with Crippen LogP contribution in [0.5, 0.6) is 5.75 Å². The summed E-state index contributed by atoms with van der Waals surface area (Å²) in [4.78, 5) is 35.9. The van der Waals surface area contributed by atoms with Gasteiger partial charge in [-0.1, -0.05) is 6.07 Å². The van der Waals surface area contributed by atoms with Crippen molar-refractivity contribution in [1.82, 2.24) is 29.2 Å². The first kappa shape index (κ1) is 32.6. The Labute approximate surface area is 264 Å². The second-order valence-corrected chi connectivity index (χ2v) is 12.6. The zero-order valence-corrected chi connectivity index (χ0v) is 25.2. The van der Waals surface area contributed by atoms with Gasteiger partial charge in [0.2, 0.25) is 10.0 Å². The topological polar surface area (TPSA) is 175 Å². The molecule has 1 atom stereocenters. The van der Waals surface area contributed by atoms with Gasteiger partial charge in [-0.05, 0) is 53.4 Å². The van der Waals surface area contributed by atoms with E-state index >= 15 is 0 Å². The number of nitrogens with zero attached hydrogens (tertiary/aromatic N) is 7. The van der Waals surface area contributed by atoms with E-state index in [1.807, 2.05) is 30.3 Å². The molecular formula is C28H24F3N8O5S2-. The van der Waals surface area contributed by atoms with Crippen LogP contribution in [0, 0.1) is 0 Å². The Hall–Kier alpha value is -4.78. The minimum absolute atomic E-state index is 0.101. The molecule has 0 aliphatic carbocycles. The van der Waals surface area contributed by atoms with Crippen molar-refractivity contribution < 1.29 is 36.2 Å². The van der Waals surface area contributed by atoms with Gasteiger partial charge in [0.15, 0.2) is 5.65 Å². The van der Waals surface area contributed by atoms with E-state index in [-0.39, 0.29) is 24.5 Å². The fraction of sp³-hybridized carbons (Fsp3) is 0.214. The molecule has 1 aliphatic heterocycles. The van der Waals surface area contributed by atoms with Gasteiger partial charge in [-0.2, -0.15) is 4.31 Å². The Bertz CT molecular complexity index is 1910. The van der Waals surface area contributed by atoms with E-state index in [1.54, 1.807) is 22.4 Å². The number of ether oxygens (including phenoxy) is 1. The summed E-state index contributed by atoms with van der Waals surface area (Å²) in [6, 6.07) is 11.9. The van der Waals surface area contributed by atoms with Crippen LogP contribution in [-0.4, -0.2) is 80.8 Å². The van der Waals surface area contributed by atoms with Gasteiger partial charge in [0.05, 0.1) is 27.9 Å². The average Bonchev–Trinajstić information content (AvgIpc) is 3.54. The molecule has 240 valence electrons. The summed E-state index contributed by atoms with van der Waals surface area (Å²) < 4.78 is 67.6. The van der Waals surface area contributed by atoms with Crippen LogP contribution in [0.3, 0.4) is 0 Å². The van der Waals surface area contributed by atoms with Crippen LogP contribution in [0.4, 0.5) is 19.0 Å². The number of benzene rings is 1. The van der Waals surface area contributed by atoms with Crippen LogP contribution in [0.2, 0.25) is 0 Å². The molecule has 5 aromatic rings. The summed E-state index contributed by atoms with van der Waals surface area (Å²) in [6.07, 6.45) is 1.03. The van der Waals surface area contributed by atoms with Crippen molar-refractivity contribution in [1.29, 1.82) is 0 Å². The summed E-state index contributed by atoms with van der Waals surface area (Å²) >= 11 is 1.64. The number of rotatable bonds is 7. The molecule has 6 rings (SSSR count). The number of nitrogens with one attached hydrogen (secondary N) is 1. The monoisotopic (exact) mass is 673 g/mol. The van der Waals surface area contributed by atoms with Crippen molar-refractivity contribution in [3.63, 3.8) is 0 Å². The Morgan fingerprint density at radius 1 is 1.04 bits per heavy atom. The molecule has 0 unspecified atom stereocenters. The highest BCUT2D eigenvalue weighted by Crippen LogP contribution is 2.28. The number of thiophene rings is 1. The van der Waals surface area contributed by atoms with Gasteiger partial charge in [0, 0.05) is 25.8 Å². The lowest BCUT2D eigenvalue weighted by molar-refractivity contribution is -0.274. The van der Waals surface area contributed by atoms with Crippen LogP contribution in [0.25, 0.3) is 27.5 Å². The van der Waals surface area contributed by atoms with Crippen LogP contribution < -0.4 is 9.64 Å². The summed E-state index contributed by atoms with van der Waals surface area (Å²) in [5.74, 6) is -1.67. The van der Waals surface area contributed by atoms with Gasteiger partial charge in [0.25, 0.3) is 0 Å². The molecule has 1 aliphatic rings. The molecule has 1 saturated heterocycles. The van der Waals surface area contributed by atoms with Gasteiger partial charge in [-0.3, -0.25) is 9.78 Å². The standard InChI is InChI=1S/C18H15F3N6O5S.C10H9N2S/c19-18(20,21)32-11-1-3-12(4-2-11)33(30,31)27-6-5-26(9-14(27)17(28)29)15-8-23-13-7-22-10-24-16(13)25-15;11-7-8-4-5-10(13-8)9-3-1-2-6-12-9/h1-4,7-8,10,14H,5-6,9H2,(H,28,29);1-6,11H,7H2/q;-1/t14-;/m1./s1. The maximum atomic E-state index is 13.1. The van der Waals surface area contributed by atoms with E-state index in [4.69, 9.17) is 5.73 Å². The molecule has 0 amide bonds. The predicted molar refractivity (Wildman–Crippen MR) is 161 cm³/mol. The van der Waals surface area contributed by atoms with Crippen LogP contribution in [0.1, 0.15) is 4.88 Å². The fourth-order valence-electron chi connectivity index (χ4n) is 4.44. The number of aliphatic carboxylic acids is 1. The number of fused-ring (bicyclic) bond motifs is 1. The zero-order chi connectivity index (χ0) is 32.9. The molecule has 1 fully saturated rings. The summed E-state index contributed by atoms with van der Waals surface area (Å²) in [7, 11) is -4.32. The number of piperazine rings is 1. The van der Waals surface area contributed by atoms with E-state index in [0.29, 0.717) is 23.5 Å². The quantitative estimate of drug-likeness (QED) is 0.255.